The molecule has 0 unspecified atom stereocenters. The average molecular weight is 389 g/mol. The summed E-state index contributed by atoms with van der Waals surface area (Å²) in [5.41, 5.74) is 1.19. The Morgan fingerprint density at radius 2 is 2.00 bits per heavy atom. The molecule has 0 atom stereocenters. The molecule has 26 heavy (non-hydrogen) atoms. The number of carbonyl (C=O) groups excluding carboxylic acids is 2. The maximum atomic E-state index is 12.3. The molecule has 0 saturated heterocycles. The van der Waals surface area contributed by atoms with Crippen molar-refractivity contribution in [3.8, 4) is 16.3 Å². The SMILES string of the molecule is CCOc1ccc(-c2nc(C(=O)Nc3ncc(C(=O)OC)s3)cs2)cc1. The standard InChI is InChI=1S/C17H15N3O4S2/c1-3-24-11-6-4-10(5-7-11)15-19-12(9-25-15)14(21)20-17-18-8-13(26-17)16(22)23-2/h4-9H,3H2,1-2H3,(H,18,20,21). The Kier molecular flexibility index (Phi) is 5.59. The number of ether oxygens (including phenoxy) is 2. The van der Waals surface area contributed by atoms with Crippen molar-refractivity contribution in [1.82, 2.24) is 9.97 Å². The average Bonchev–Trinajstić information content (AvgIpc) is 3.32. The second-order valence-corrected chi connectivity index (χ2v) is 6.86. The quantitative estimate of drug-likeness (QED) is 0.647. The monoisotopic (exact) mass is 389 g/mol. The largest absolute Gasteiger partial charge is 0.494 e. The van der Waals surface area contributed by atoms with Gasteiger partial charge in [0.25, 0.3) is 5.91 Å². The zero-order valence-corrected chi connectivity index (χ0v) is 15.6. The highest BCUT2D eigenvalue weighted by Gasteiger charge is 2.16. The topological polar surface area (TPSA) is 90.4 Å². The van der Waals surface area contributed by atoms with Gasteiger partial charge in [0.15, 0.2) is 5.13 Å². The molecular weight excluding hydrogens is 374 g/mol. The van der Waals surface area contributed by atoms with E-state index >= 15 is 0 Å². The summed E-state index contributed by atoms with van der Waals surface area (Å²) in [5, 5.41) is 5.35. The molecule has 0 bridgehead atoms. The molecule has 1 amide bonds. The molecule has 3 rings (SSSR count). The van der Waals surface area contributed by atoms with Gasteiger partial charge in [0.05, 0.1) is 19.9 Å². The summed E-state index contributed by atoms with van der Waals surface area (Å²) in [7, 11) is 1.29. The van der Waals surface area contributed by atoms with Crippen LogP contribution in [0.25, 0.3) is 10.6 Å². The molecule has 9 heteroatoms. The number of nitrogens with zero attached hydrogens (tertiary/aromatic N) is 2. The number of anilines is 1. The van der Waals surface area contributed by atoms with Crippen molar-refractivity contribution in [2.75, 3.05) is 19.0 Å². The van der Waals surface area contributed by atoms with Gasteiger partial charge in [-0.2, -0.15) is 0 Å². The first-order chi connectivity index (χ1) is 12.6. The third kappa shape index (κ3) is 4.06. The first-order valence-electron chi connectivity index (χ1n) is 7.65. The van der Waals surface area contributed by atoms with Gasteiger partial charge in [-0.25, -0.2) is 14.8 Å². The zero-order chi connectivity index (χ0) is 18.5. The molecule has 7 nitrogen and oxygen atoms in total. The Hall–Kier alpha value is -2.78. The summed E-state index contributed by atoms with van der Waals surface area (Å²) < 4.78 is 10.0. The highest BCUT2D eigenvalue weighted by molar-refractivity contribution is 7.17. The molecule has 3 aromatic rings. The van der Waals surface area contributed by atoms with Crippen LogP contribution in [0.2, 0.25) is 0 Å². The van der Waals surface area contributed by atoms with E-state index in [1.165, 1.54) is 24.6 Å². The van der Waals surface area contributed by atoms with E-state index in [0.29, 0.717) is 16.6 Å². The van der Waals surface area contributed by atoms with Gasteiger partial charge >= 0.3 is 5.97 Å². The lowest BCUT2D eigenvalue weighted by molar-refractivity contribution is 0.0606. The smallest absolute Gasteiger partial charge is 0.349 e. The molecule has 1 N–H and O–H groups in total. The van der Waals surface area contributed by atoms with Gasteiger partial charge in [-0.15, -0.1) is 11.3 Å². The van der Waals surface area contributed by atoms with E-state index in [1.807, 2.05) is 31.2 Å². The number of benzene rings is 1. The Bertz CT molecular complexity index is 918. The lowest BCUT2D eigenvalue weighted by Crippen LogP contribution is -2.11. The Morgan fingerprint density at radius 1 is 1.23 bits per heavy atom. The summed E-state index contributed by atoms with van der Waals surface area (Å²) >= 11 is 2.41. The van der Waals surface area contributed by atoms with E-state index in [-0.39, 0.29) is 11.6 Å². The maximum Gasteiger partial charge on any atom is 0.349 e. The van der Waals surface area contributed by atoms with Crippen LogP contribution in [0.15, 0.2) is 35.8 Å². The molecule has 0 spiro atoms. The molecule has 2 heterocycles. The van der Waals surface area contributed by atoms with Crippen molar-refractivity contribution in [2.24, 2.45) is 0 Å². The van der Waals surface area contributed by atoms with Crippen LogP contribution in [0, 0.1) is 0 Å². The summed E-state index contributed by atoms with van der Waals surface area (Å²) in [6.07, 6.45) is 1.36. The van der Waals surface area contributed by atoms with E-state index in [1.54, 1.807) is 5.38 Å². The second kappa shape index (κ2) is 8.07. The highest BCUT2D eigenvalue weighted by atomic mass is 32.1. The van der Waals surface area contributed by atoms with Crippen LogP contribution in [-0.4, -0.2) is 35.6 Å². The fraction of sp³-hybridized carbons (Fsp3) is 0.176. The van der Waals surface area contributed by atoms with Gasteiger partial charge in [-0.1, -0.05) is 11.3 Å². The van der Waals surface area contributed by atoms with Crippen LogP contribution >= 0.6 is 22.7 Å². The molecule has 0 radical (unpaired) electrons. The van der Waals surface area contributed by atoms with E-state index in [4.69, 9.17) is 4.74 Å². The van der Waals surface area contributed by atoms with E-state index in [9.17, 15) is 9.59 Å². The molecule has 2 aromatic heterocycles. The minimum Gasteiger partial charge on any atom is -0.494 e. The fourth-order valence-electron chi connectivity index (χ4n) is 2.06. The number of hydrogen-bond acceptors (Lipinski definition) is 8. The third-order valence-electron chi connectivity index (χ3n) is 3.26. The van der Waals surface area contributed by atoms with Crippen LogP contribution in [0.4, 0.5) is 5.13 Å². The zero-order valence-electron chi connectivity index (χ0n) is 14.0. The van der Waals surface area contributed by atoms with Crippen molar-refractivity contribution >= 4 is 39.7 Å². The minimum atomic E-state index is -0.491. The van der Waals surface area contributed by atoms with Crippen LogP contribution in [0.5, 0.6) is 5.75 Å². The van der Waals surface area contributed by atoms with Gasteiger partial charge in [0.1, 0.15) is 21.3 Å². The Balaban J connectivity index is 1.69. The molecule has 0 fully saturated rings. The van der Waals surface area contributed by atoms with Gasteiger partial charge in [-0.05, 0) is 31.2 Å². The predicted octanol–water partition coefficient (Wildman–Crippen LogP) is 3.70. The van der Waals surface area contributed by atoms with Gasteiger partial charge in [0.2, 0.25) is 0 Å². The third-order valence-corrected chi connectivity index (χ3v) is 5.05. The summed E-state index contributed by atoms with van der Waals surface area (Å²) in [4.78, 5) is 32.4. The number of thiazole rings is 2. The maximum absolute atomic E-state index is 12.3. The second-order valence-electron chi connectivity index (χ2n) is 4.97. The molecular formula is C17H15N3O4S2. The molecule has 0 aliphatic heterocycles. The van der Waals surface area contributed by atoms with Gasteiger partial charge < -0.3 is 9.47 Å². The Labute approximate surface area is 157 Å². The molecule has 0 aliphatic carbocycles. The summed E-state index contributed by atoms with van der Waals surface area (Å²) in [6.45, 7) is 2.53. The number of methoxy groups -OCH3 is 1. The van der Waals surface area contributed by atoms with Gasteiger partial charge in [0, 0.05) is 10.9 Å². The number of carbonyl (C=O) groups is 2. The van der Waals surface area contributed by atoms with E-state index in [0.717, 1.165) is 27.7 Å². The van der Waals surface area contributed by atoms with Crippen molar-refractivity contribution in [3.05, 3.63) is 46.4 Å². The molecule has 1 aromatic carbocycles. The molecule has 0 aliphatic rings. The highest BCUT2D eigenvalue weighted by Crippen LogP contribution is 2.26. The number of hydrogen-bond donors (Lipinski definition) is 1. The van der Waals surface area contributed by atoms with Crippen LogP contribution in [0.1, 0.15) is 27.1 Å². The lowest BCUT2D eigenvalue weighted by Gasteiger charge is -2.03. The number of esters is 1. The normalized spacial score (nSPS) is 10.4. The van der Waals surface area contributed by atoms with E-state index in [2.05, 4.69) is 20.0 Å². The van der Waals surface area contributed by atoms with Crippen molar-refractivity contribution in [1.29, 1.82) is 0 Å². The Morgan fingerprint density at radius 3 is 2.69 bits per heavy atom. The van der Waals surface area contributed by atoms with Gasteiger partial charge in [-0.3, -0.25) is 10.1 Å². The first-order valence-corrected chi connectivity index (χ1v) is 9.34. The summed E-state index contributed by atoms with van der Waals surface area (Å²) in [5.74, 6) is -0.0883. The van der Waals surface area contributed by atoms with Crippen molar-refractivity contribution < 1.29 is 19.1 Å². The number of amides is 1. The first kappa shape index (κ1) is 18.0. The minimum absolute atomic E-state index is 0.286. The van der Waals surface area contributed by atoms with Crippen molar-refractivity contribution in [2.45, 2.75) is 6.92 Å². The lowest BCUT2D eigenvalue weighted by atomic mass is 10.2. The van der Waals surface area contributed by atoms with Crippen LogP contribution in [0.3, 0.4) is 0 Å². The number of aromatic nitrogens is 2. The van der Waals surface area contributed by atoms with E-state index < -0.39 is 5.97 Å². The van der Waals surface area contributed by atoms with Crippen LogP contribution in [-0.2, 0) is 4.74 Å². The van der Waals surface area contributed by atoms with Crippen LogP contribution < -0.4 is 10.1 Å². The molecule has 0 saturated carbocycles. The van der Waals surface area contributed by atoms with Crippen molar-refractivity contribution in [3.63, 3.8) is 0 Å². The summed E-state index contributed by atoms with van der Waals surface area (Å²) in [6, 6.07) is 7.53. The predicted molar refractivity (Wildman–Crippen MR) is 100 cm³/mol. The number of rotatable bonds is 6. The fourth-order valence-corrected chi connectivity index (χ4v) is 3.59. The molecule has 134 valence electrons. The number of nitrogens with one attached hydrogen (secondary N) is 1.